The molecule has 0 saturated carbocycles. The van der Waals surface area contributed by atoms with Gasteiger partial charge in [-0.25, -0.2) is 9.59 Å². The molecule has 0 aliphatic carbocycles. The maximum absolute atomic E-state index is 11.5. The Hall–Kier alpha value is -2.31. The van der Waals surface area contributed by atoms with E-state index in [1.165, 1.54) is 13.3 Å². The lowest BCUT2D eigenvalue weighted by Crippen LogP contribution is -2.44. The number of aromatic nitrogens is 1. The Labute approximate surface area is 116 Å². The van der Waals surface area contributed by atoms with Crippen molar-refractivity contribution >= 4 is 12.1 Å². The predicted octanol–water partition coefficient (Wildman–Crippen LogP) is 1.43. The van der Waals surface area contributed by atoms with E-state index in [-0.39, 0.29) is 12.5 Å². The molecule has 0 unspecified atom stereocenters. The number of hydrogen-bond acceptors (Lipinski definition) is 5. The van der Waals surface area contributed by atoms with Crippen LogP contribution in [0.15, 0.2) is 18.3 Å². The van der Waals surface area contributed by atoms with E-state index in [0.29, 0.717) is 11.4 Å². The van der Waals surface area contributed by atoms with Crippen LogP contribution in [-0.2, 0) is 16.1 Å². The molecule has 20 heavy (non-hydrogen) atoms. The lowest BCUT2D eigenvalue weighted by Gasteiger charge is -2.17. The maximum atomic E-state index is 11.5. The number of rotatable bonds is 6. The molecule has 0 saturated heterocycles. The topological polar surface area (TPSA) is 97.8 Å². The van der Waals surface area contributed by atoms with E-state index in [1.54, 1.807) is 26.0 Å². The van der Waals surface area contributed by atoms with Gasteiger partial charge in [-0.1, -0.05) is 13.8 Å². The first kappa shape index (κ1) is 15.7. The first-order valence-corrected chi connectivity index (χ1v) is 6.09. The molecule has 110 valence electrons. The van der Waals surface area contributed by atoms with Gasteiger partial charge in [0.05, 0.1) is 19.0 Å². The van der Waals surface area contributed by atoms with Gasteiger partial charge in [-0.3, -0.25) is 4.98 Å². The van der Waals surface area contributed by atoms with E-state index in [9.17, 15) is 9.59 Å². The molecule has 0 aliphatic heterocycles. The van der Waals surface area contributed by atoms with E-state index in [4.69, 9.17) is 14.6 Å². The van der Waals surface area contributed by atoms with Crippen LogP contribution in [0.5, 0.6) is 5.75 Å². The van der Waals surface area contributed by atoms with E-state index >= 15 is 0 Å². The zero-order valence-electron chi connectivity index (χ0n) is 11.6. The van der Waals surface area contributed by atoms with Crippen molar-refractivity contribution in [2.24, 2.45) is 5.92 Å². The zero-order chi connectivity index (χ0) is 15.1. The zero-order valence-corrected chi connectivity index (χ0v) is 11.6. The third-order valence-electron chi connectivity index (χ3n) is 2.59. The molecule has 1 aromatic rings. The van der Waals surface area contributed by atoms with Crippen molar-refractivity contribution < 1.29 is 24.2 Å². The quantitative estimate of drug-likeness (QED) is 0.819. The molecule has 0 fully saturated rings. The molecule has 2 N–H and O–H groups in total. The number of nitrogens with zero attached hydrogens (tertiary/aromatic N) is 1. The van der Waals surface area contributed by atoms with Crippen molar-refractivity contribution in [3.05, 3.63) is 24.0 Å². The Kier molecular flexibility index (Phi) is 5.76. The number of carboxylic acids is 1. The number of carboxylic acid groups (broad SMARTS) is 1. The van der Waals surface area contributed by atoms with Crippen LogP contribution in [0.3, 0.4) is 0 Å². The SMILES string of the molecule is COc1ccc(COC(=O)N[C@H](C(=O)O)C(C)C)nc1. The summed E-state index contributed by atoms with van der Waals surface area (Å²) >= 11 is 0. The van der Waals surface area contributed by atoms with Crippen molar-refractivity contribution in [2.75, 3.05) is 7.11 Å². The number of amides is 1. The number of alkyl carbamates (subject to hydrolysis) is 1. The minimum atomic E-state index is -1.10. The van der Waals surface area contributed by atoms with Gasteiger partial charge < -0.3 is 19.9 Å². The minimum Gasteiger partial charge on any atom is -0.495 e. The lowest BCUT2D eigenvalue weighted by molar-refractivity contribution is -0.140. The van der Waals surface area contributed by atoms with E-state index in [2.05, 4.69) is 10.3 Å². The normalized spacial score (nSPS) is 11.8. The number of hydrogen-bond donors (Lipinski definition) is 2. The van der Waals surface area contributed by atoms with Gasteiger partial charge >= 0.3 is 12.1 Å². The third-order valence-corrected chi connectivity index (χ3v) is 2.59. The van der Waals surface area contributed by atoms with Gasteiger partial charge in [0.25, 0.3) is 0 Å². The molecule has 0 spiro atoms. The summed E-state index contributed by atoms with van der Waals surface area (Å²) in [7, 11) is 1.53. The monoisotopic (exact) mass is 282 g/mol. The molecule has 7 nitrogen and oxygen atoms in total. The summed E-state index contributed by atoms with van der Waals surface area (Å²) < 4.78 is 9.87. The van der Waals surface area contributed by atoms with Crippen LogP contribution in [0.4, 0.5) is 4.79 Å². The van der Waals surface area contributed by atoms with E-state index in [0.717, 1.165) is 0 Å². The number of aliphatic carboxylic acids is 1. The number of methoxy groups -OCH3 is 1. The summed E-state index contributed by atoms with van der Waals surface area (Å²) in [6.45, 7) is 3.36. The highest BCUT2D eigenvalue weighted by Crippen LogP contribution is 2.09. The largest absolute Gasteiger partial charge is 0.495 e. The smallest absolute Gasteiger partial charge is 0.408 e. The van der Waals surface area contributed by atoms with Gasteiger partial charge in [0.1, 0.15) is 18.4 Å². The molecular weight excluding hydrogens is 264 g/mol. The first-order chi connectivity index (χ1) is 9.43. The lowest BCUT2D eigenvalue weighted by atomic mass is 10.1. The number of pyridine rings is 1. The fraction of sp³-hybridized carbons (Fsp3) is 0.462. The van der Waals surface area contributed by atoms with Crippen LogP contribution in [0, 0.1) is 5.92 Å². The van der Waals surface area contributed by atoms with Crippen LogP contribution in [0.1, 0.15) is 19.5 Å². The van der Waals surface area contributed by atoms with Gasteiger partial charge in [0.2, 0.25) is 0 Å². The third kappa shape index (κ3) is 4.75. The van der Waals surface area contributed by atoms with Crippen molar-refractivity contribution in [3.8, 4) is 5.75 Å². The van der Waals surface area contributed by atoms with Crippen molar-refractivity contribution in [2.45, 2.75) is 26.5 Å². The summed E-state index contributed by atoms with van der Waals surface area (Å²) in [4.78, 5) is 26.5. The highest BCUT2D eigenvalue weighted by atomic mass is 16.5. The molecule has 0 aromatic carbocycles. The Balaban J connectivity index is 2.47. The molecule has 1 aromatic heterocycles. The number of carbonyl (C=O) groups is 2. The molecular formula is C13H18N2O5. The number of ether oxygens (including phenoxy) is 2. The predicted molar refractivity (Wildman–Crippen MR) is 70.4 cm³/mol. The van der Waals surface area contributed by atoms with Crippen molar-refractivity contribution in [3.63, 3.8) is 0 Å². The van der Waals surface area contributed by atoms with Crippen LogP contribution < -0.4 is 10.1 Å². The van der Waals surface area contributed by atoms with Crippen molar-refractivity contribution in [1.29, 1.82) is 0 Å². The average molecular weight is 282 g/mol. The Morgan fingerprint density at radius 1 is 1.40 bits per heavy atom. The van der Waals surface area contributed by atoms with Gasteiger partial charge in [0.15, 0.2) is 0 Å². The highest BCUT2D eigenvalue weighted by molar-refractivity contribution is 5.80. The molecule has 1 rings (SSSR count). The minimum absolute atomic E-state index is 0.0414. The van der Waals surface area contributed by atoms with Gasteiger partial charge in [-0.05, 0) is 18.1 Å². The second kappa shape index (κ2) is 7.32. The van der Waals surface area contributed by atoms with Crippen LogP contribution in [-0.4, -0.2) is 35.3 Å². The van der Waals surface area contributed by atoms with Crippen LogP contribution >= 0.6 is 0 Å². The molecule has 1 heterocycles. The number of carbonyl (C=O) groups excluding carboxylic acids is 1. The number of nitrogens with one attached hydrogen (secondary N) is 1. The molecule has 1 atom stereocenters. The average Bonchev–Trinajstić information content (AvgIpc) is 2.42. The highest BCUT2D eigenvalue weighted by Gasteiger charge is 2.23. The summed E-state index contributed by atoms with van der Waals surface area (Å²) in [5.74, 6) is -0.734. The molecule has 0 bridgehead atoms. The molecule has 0 radical (unpaired) electrons. The summed E-state index contributed by atoms with van der Waals surface area (Å²) in [6, 6.07) is 2.37. The van der Waals surface area contributed by atoms with E-state index in [1.807, 2.05) is 0 Å². The second-order valence-corrected chi connectivity index (χ2v) is 4.47. The van der Waals surface area contributed by atoms with Gasteiger partial charge in [0, 0.05) is 0 Å². The van der Waals surface area contributed by atoms with Gasteiger partial charge in [-0.15, -0.1) is 0 Å². The van der Waals surface area contributed by atoms with Crippen LogP contribution in [0.2, 0.25) is 0 Å². The summed E-state index contributed by atoms with van der Waals surface area (Å²) in [5.41, 5.74) is 0.539. The Morgan fingerprint density at radius 2 is 2.10 bits per heavy atom. The second-order valence-electron chi connectivity index (χ2n) is 4.47. The molecule has 7 heteroatoms. The Morgan fingerprint density at radius 3 is 2.55 bits per heavy atom. The molecule has 1 amide bonds. The summed E-state index contributed by atoms with van der Waals surface area (Å²) in [5, 5.41) is 11.2. The molecule has 0 aliphatic rings. The fourth-order valence-corrected chi connectivity index (χ4v) is 1.44. The van der Waals surface area contributed by atoms with Crippen LogP contribution in [0.25, 0.3) is 0 Å². The fourth-order valence-electron chi connectivity index (χ4n) is 1.44. The van der Waals surface area contributed by atoms with E-state index < -0.39 is 18.1 Å². The van der Waals surface area contributed by atoms with Crippen molar-refractivity contribution in [1.82, 2.24) is 10.3 Å². The van der Waals surface area contributed by atoms with Gasteiger partial charge in [-0.2, -0.15) is 0 Å². The summed E-state index contributed by atoms with van der Waals surface area (Å²) in [6.07, 6.45) is 0.717. The Bertz CT molecular complexity index is 458. The standard InChI is InChI=1S/C13H18N2O5/c1-8(2)11(12(16)17)15-13(18)20-7-9-4-5-10(19-3)6-14-9/h4-6,8,11H,7H2,1-3H3,(H,15,18)(H,16,17)/t11-/m0/s1. The first-order valence-electron chi connectivity index (χ1n) is 6.09. The maximum Gasteiger partial charge on any atom is 0.408 e.